The molecule has 0 aliphatic rings. The second-order valence-corrected chi connectivity index (χ2v) is 6.12. The van der Waals surface area contributed by atoms with Gasteiger partial charge < -0.3 is 25.6 Å². The summed E-state index contributed by atoms with van der Waals surface area (Å²) in [6.07, 6.45) is 0.337. The van der Waals surface area contributed by atoms with Crippen molar-refractivity contribution in [2.45, 2.75) is 17.7 Å². The number of nitrogens with one attached hydrogen (secondary N) is 1. The Labute approximate surface area is 121 Å². The molecule has 0 spiro atoms. The van der Waals surface area contributed by atoms with E-state index in [0.717, 1.165) is 10.9 Å². The minimum Gasteiger partial charge on any atom is -0.480 e. The molecule has 0 radical (unpaired) electrons. The van der Waals surface area contributed by atoms with E-state index in [2.05, 4.69) is 10.4 Å². The van der Waals surface area contributed by atoms with Gasteiger partial charge in [-0.1, -0.05) is 0 Å². The number of carboxylic acid groups (broad SMARTS) is 1. The third kappa shape index (κ3) is 4.31. The van der Waals surface area contributed by atoms with Crippen LogP contribution >= 0.6 is 0 Å². The Morgan fingerprint density at radius 3 is 2.48 bits per heavy atom. The first-order valence-corrected chi connectivity index (χ1v) is 7.67. The van der Waals surface area contributed by atoms with Crippen LogP contribution in [0.3, 0.4) is 0 Å². The van der Waals surface area contributed by atoms with Gasteiger partial charge >= 0.3 is 5.97 Å². The maximum absolute atomic E-state index is 11.8. The van der Waals surface area contributed by atoms with Crippen molar-refractivity contribution in [3.8, 4) is 0 Å². The third-order valence-electron chi connectivity index (χ3n) is 2.56. The molecule has 1 aromatic heterocycles. The quantitative estimate of drug-likeness (QED) is 0.512. The number of sulfone groups is 1. The lowest BCUT2D eigenvalue weighted by Crippen LogP contribution is -2.24. The number of anilines is 2. The highest BCUT2D eigenvalue weighted by molar-refractivity contribution is 7.91. The number of aromatic nitrogens is 2. The molecule has 21 heavy (non-hydrogen) atoms. The van der Waals surface area contributed by atoms with E-state index in [-0.39, 0.29) is 23.1 Å². The summed E-state index contributed by atoms with van der Waals surface area (Å²) in [5.74, 6) is -1.48. The molecule has 0 amide bonds. The van der Waals surface area contributed by atoms with Crippen LogP contribution in [-0.4, -0.2) is 62.6 Å². The predicted molar refractivity (Wildman–Crippen MR) is 73.7 cm³/mol. The number of carbonyl (C=O) groups is 1. The highest BCUT2D eigenvalue weighted by Gasteiger charge is 2.25. The molecule has 0 aliphatic carbocycles. The van der Waals surface area contributed by atoms with Crippen LogP contribution in [0.25, 0.3) is 0 Å². The first-order chi connectivity index (χ1) is 9.70. The van der Waals surface area contributed by atoms with Crippen molar-refractivity contribution in [1.82, 2.24) is 9.78 Å². The topological polar surface area (TPSA) is 146 Å². The minimum absolute atomic E-state index is 0.0460. The Morgan fingerprint density at radius 2 is 2.05 bits per heavy atom. The van der Waals surface area contributed by atoms with Crippen LogP contribution in [0.1, 0.15) is 0 Å². The number of rotatable bonds is 8. The Hall–Kier alpha value is -1.85. The zero-order valence-electron chi connectivity index (χ0n) is 11.9. The molecule has 1 rings (SSSR count). The van der Waals surface area contributed by atoms with E-state index in [0.29, 0.717) is 0 Å². The molecule has 0 atom stereocenters. The molecule has 0 aliphatic heterocycles. The Morgan fingerprint density at radius 1 is 1.48 bits per heavy atom. The predicted octanol–water partition coefficient (Wildman–Crippen LogP) is -1.02. The normalized spacial score (nSPS) is 11.8. The molecule has 0 fully saturated rings. The van der Waals surface area contributed by atoms with Gasteiger partial charge in [0.05, 0.1) is 6.54 Å². The summed E-state index contributed by atoms with van der Waals surface area (Å²) in [7, 11) is -0.843. The number of ether oxygens (including phenoxy) is 2. The van der Waals surface area contributed by atoms with E-state index >= 15 is 0 Å². The summed E-state index contributed by atoms with van der Waals surface area (Å²) in [5, 5.41) is 15.4. The van der Waals surface area contributed by atoms with Gasteiger partial charge in [0.15, 0.2) is 26.8 Å². The van der Waals surface area contributed by atoms with Gasteiger partial charge in [-0.05, 0) is 0 Å². The second kappa shape index (κ2) is 6.74. The highest BCUT2D eigenvalue weighted by atomic mass is 32.2. The molecule has 0 saturated heterocycles. The van der Waals surface area contributed by atoms with Gasteiger partial charge in [-0.15, -0.1) is 0 Å². The van der Waals surface area contributed by atoms with Crippen molar-refractivity contribution in [3.63, 3.8) is 0 Å². The van der Waals surface area contributed by atoms with Gasteiger partial charge in [0.1, 0.15) is 12.4 Å². The van der Waals surface area contributed by atoms with Crippen molar-refractivity contribution < 1.29 is 27.8 Å². The summed E-state index contributed by atoms with van der Waals surface area (Å²) in [6, 6.07) is 0. The fraction of sp³-hybridized carbons (Fsp3) is 0.600. The van der Waals surface area contributed by atoms with Crippen LogP contribution in [0.2, 0.25) is 0 Å². The zero-order chi connectivity index (χ0) is 16.2. The molecule has 1 heterocycles. The fourth-order valence-electron chi connectivity index (χ4n) is 1.63. The van der Waals surface area contributed by atoms with E-state index in [4.69, 9.17) is 20.3 Å². The lowest BCUT2D eigenvalue weighted by atomic mass is 10.5. The summed E-state index contributed by atoms with van der Waals surface area (Å²) in [5.41, 5.74) is 5.67. The van der Waals surface area contributed by atoms with Crippen LogP contribution in [-0.2, 0) is 30.7 Å². The Balaban J connectivity index is 3.14. The summed E-state index contributed by atoms with van der Waals surface area (Å²) < 4.78 is 34.4. The van der Waals surface area contributed by atoms with Crippen molar-refractivity contribution in [2.75, 3.05) is 38.1 Å². The van der Waals surface area contributed by atoms with Crippen molar-refractivity contribution in [3.05, 3.63) is 0 Å². The smallest absolute Gasteiger partial charge is 0.325 e. The van der Waals surface area contributed by atoms with E-state index in [1.807, 2.05) is 0 Å². The maximum atomic E-state index is 11.8. The highest BCUT2D eigenvalue weighted by Crippen LogP contribution is 2.27. The minimum atomic E-state index is -3.69. The molecule has 11 heteroatoms. The number of nitrogens with two attached hydrogens (primary N) is 1. The van der Waals surface area contributed by atoms with Gasteiger partial charge in [-0.25, -0.2) is 13.1 Å². The second-order valence-electron chi connectivity index (χ2n) is 4.17. The number of methoxy groups -OCH3 is 2. The molecule has 0 saturated carbocycles. The van der Waals surface area contributed by atoms with E-state index in [9.17, 15) is 13.2 Å². The van der Waals surface area contributed by atoms with Gasteiger partial charge in [-0.2, -0.15) is 5.10 Å². The van der Waals surface area contributed by atoms with Crippen molar-refractivity contribution in [1.29, 1.82) is 0 Å². The first kappa shape index (κ1) is 17.2. The fourth-order valence-corrected chi connectivity index (χ4v) is 2.58. The molecule has 0 aromatic carbocycles. The summed E-state index contributed by atoms with van der Waals surface area (Å²) in [6.45, 7) is -0.437. The van der Waals surface area contributed by atoms with Crippen LogP contribution in [0, 0.1) is 0 Å². The van der Waals surface area contributed by atoms with Crippen LogP contribution in [0.5, 0.6) is 0 Å². The lowest BCUT2D eigenvalue weighted by molar-refractivity contribution is -0.137. The van der Waals surface area contributed by atoms with Gasteiger partial charge in [0.2, 0.25) is 0 Å². The van der Waals surface area contributed by atoms with Crippen molar-refractivity contribution in [2.24, 2.45) is 0 Å². The summed E-state index contributed by atoms with van der Waals surface area (Å²) >= 11 is 0. The summed E-state index contributed by atoms with van der Waals surface area (Å²) in [4.78, 5) is 10.5. The lowest BCUT2D eigenvalue weighted by Gasteiger charge is -2.14. The number of nitrogen functional groups attached to an aromatic ring is 1. The Kier molecular flexibility index (Phi) is 5.52. The van der Waals surface area contributed by atoms with E-state index in [1.165, 1.54) is 14.2 Å². The SMILES string of the molecule is COC(CNc1nn(CC(=O)O)c(N)c1S(C)(=O)=O)OC. The number of aliphatic carboxylic acids is 1. The molecule has 0 unspecified atom stereocenters. The molecule has 1 aromatic rings. The largest absolute Gasteiger partial charge is 0.480 e. The van der Waals surface area contributed by atoms with Gasteiger partial charge in [0, 0.05) is 20.5 Å². The molecular weight excluding hydrogens is 304 g/mol. The molecule has 120 valence electrons. The zero-order valence-corrected chi connectivity index (χ0v) is 12.7. The number of carboxylic acids is 1. The van der Waals surface area contributed by atoms with Gasteiger partial charge in [-0.3, -0.25) is 4.79 Å². The average molecular weight is 322 g/mol. The molecule has 10 nitrogen and oxygen atoms in total. The standard InChI is InChI=1S/C10H18N4O6S/c1-19-7(20-2)4-12-10-8(21(3,17)18)9(11)14(13-10)5-6(15)16/h7H,4-5,11H2,1-3H3,(H,12,13)(H,15,16). The first-order valence-electron chi connectivity index (χ1n) is 5.78. The van der Waals surface area contributed by atoms with Gasteiger partial charge in [0.25, 0.3) is 0 Å². The third-order valence-corrected chi connectivity index (χ3v) is 3.71. The number of hydrogen-bond donors (Lipinski definition) is 3. The molecule has 0 bridgehead atoms. The average Bonchev–Trinajstić information content (AvgIpc) is 2.66. The Bertz CT molecular complexity index is 607. The maximum Gasteiger partial charge on any atom is 0.325 e. The van der Waals surface area contributed by atoms with Crippen LogP contribution < -0.4 is 11.1 Å². The van der Waals surface area contributed by atoms with Crippen LogP contribution in [0.15, 0.2) is 4.90 Å². The number of hydrogen-bond acceptors (Lipinski definition) is 8. The molecular formula is C10H18N4O6S. The molecule has 4 N–H and O–H groups in total. The van der Waals surface area contributed by atoms with Crippen molar-refractivity contribution >= 4 is 27.4 Å². The number of nitrogens with zero attached hydrogens (tertiary/aromatic N) is 2. The van der Waals surface area contributed by atoms with E-state index < -0.39 is 28.6 Å². The monoisotopic (exact) mass is 322 g/mol. The van der Waals surface area contributed by atoms with Crippen LogP contribution in [0.4, 0.5) is 11.6 Å². The van der Waals surface area contributed by atoms with E-state index in [1.54, 1.807) is 0 Å².